The van der Waals surface area contributed by atoms with Crippen molar-refractivity contribution in [2.24, 2.45) is 0 Å². The van der Waals surface area contributed by atoms with E-state index in [4.69, 9.17) is 8.85 Å². The zero-order valence-electron chi connectivity index (χ0n) is 13.0. The summed E-state index contributed by atoms with van der Waals surface area (Å²) >= 11 is 0. The Hall–Kier alpha value is -0.383. The standard InChI is InChI=1S/C16H32O2Si/c1-5-9-11-13-17-19(15-7-3,16-8-4)18-14-12-10-6-2/h7-8H,3-6,9-16H2,1-2H3. The largest absolute Gasteiger partial charge is 0.394 e. The first-order valence-corrected chi connectivity index (χ1v) is 9.97. The normalized spacial score (nSPS) is 11.5. The van der Waals surface area contributed by atoms with Gasteiger partial charge in [-0.1, -0.05) is 51.7 Å². The van der Waals surface area contributed by atoms with Crippen LogP contribution in [-0.2, 0) is 8.85 Å². The summed E-state index contributed by atoms with van der Waals surface area (Å²) in [6.45, 7) is 13.8. The molecule has 0 radical (unpaired) electrons. The van der Waals surface area contributed by atoms with Crippen LogP contribution < -0.4 is 0 Å². The van der Waals surface area contributed by atoms with Crippen molar-refractivity contribution >= 4 is 8.56 Å². The van der Waals surface area contributed by atoms with E-state index in [1.54, 1.807) is 0 Å². The van der Waals surface area contributed by atoms with Gasteiger partial charge < -0.3 is 8.85 Å². The lowest BCUT2D eigenvalue weighted by Crippen LogP contribution is -2.41. The molecule has 0 aliphatic heterocycles. The Morgan fingerprint density at radius 2 is 1.21 bits per heavy atom. The second-order valence-electron chi connectivity index (χ2n) is 5.01. The molecule has 0 saturated heterocycles. The van der Waals surface area contributed by atoms with E-state index in [1.165, 1.54) is 25.7 Å². The average molecular weight is 285 g/mol. The second-order valence-corrected chi connectivity index (χ2v) is 8.22. The highest BCUT2D eigenvalue weighted by Gasteiger charge is 2.34. The lowest BCUT2D eigenvalue weighted by Gasteiger charge is -2.29. The maximum absolute atomic E-state index is 6.17. The van der Waals surface area contributed by atoms with Crippen molar-refractivity contribution in [3.05, 3.63) is 25.3 Å². The van der Waals surface area contributed by atoms with Crippen molar-refractivity contribution in [3.63, 3.8) is 0 Å². The van der Waals surface area contributed by atoms with Gasteiger partial charge in [0.25, 0.3) is 0 Å². The third kappa shape index (κ3) is 9.19. The van der Waals surface area contributed by atoms with E-state index in [1.807, 2.05) is 12.2 Å². The molecule has 0 atom stereocenters. The lowest BCUT2D eigenvalue weighted by atomic mass is 10.3. The number of rotatable bonds is 14. The Bertz CT molecular complexity index is 205. The molecule has 0 aromatic carbocycles. The molecule has 19 heavy (non-hydrogen) atoms. The molecule has 0 unspecified atom stereocenters. The van der Waals surface area contributed by atoms with Crippen LogP contribution >= 0.6 is 0 Å². The van der Waals surface area contributed by atoms with Crippen LogP contribution in [0.3, 0.4) is 0 Å². The fourth-order valence-corrected chi connectivity index (χ4v) is 4.65. The highest BCUT2D eigenvalue weighted by atomic mass is 28.4. The van der Waals surface area contributed by atoms with Crippen LogP contribution in [0.25, 0.3) is 0 Å². The van der Waals surface area contributed by atoms with Gasteiger partial charge in [0.2, 0.25) is 0 Å². The summed E-state index contributed by atoms with van der Waals surface area (Å²) in [5.74, 6) is 0. The van der Waals surface area contributed by atoms with E-state index in [0.717, 1.165) is 38.1 Å². The fourth-order valence-electron chi connectivity index (χ4n) is 2.02. The molecule has 0 fully saturated rings. The molecule has 112 valence electrons. The quantitative estimate of drug-likeness (QED) is 0.247. The first kappa shape index (κ1) is 18.6. The van der Waals surface area contributed by atoms with Gasteiger partial charge in [0.15, 0.2) is 0 Å². The molecule has 0 amide bonds. The monoisotopic (exact) mass is 284 g/mol. The van der Waals surface area contributed by atoms with Crippen LogP contribution in [-0.4, -0.2) is 21.8 Å². The van der Waals surface area contributed by atoms with Gasteiger partial charge in [-0.25, -0.2) is 0 Å². The Kier molecular flexibility index (Phi) is 12.4. The van der Waals surface area contributed by atoms with E-state index >= 15 is 0 Å². The SMILES string of the molecule is C=CC[Si](CC=C)(OCCCCC)OCCCCC. The van der Waals surface area contributed by atoms with Crippen molar-refractivity contribution in [1.29, 1.82) is 0 Å². The van der Waals surface area contributed by atoms with Gasteiger partial charge in [-0.05, 0) is 12.8 Å². The summed E-state index contributed by atoms with van der Waals surface area (Å²) in [7, 11) is -2.13. The Balaban J connectivity index is 4.29. The molecular formula is C16H32O2Si. The summed E-state index contributed by atoms with van der Waals surface area (Å²) in [5.41, 5.74) is 0. The summed E-state index contributed by atoms with van der Waals surface area (Å²) in [5, 5.41) is 0. The summed E-state index contributed by atoms with van der Waals surface area (Å²) in [4.78, 5) is 0. The number of hydrogen-bond donors (Lipinski definition) is 0. The molecule has 0 aromatic heterocycles. The smallest absolute Gasteiger partial charge is 0.345 e. The molecule has 0 spiro atoms. The van der Waals surface area contributed by atoms with Crippen LogP contribution in [0.15, 0.2) is 25.3 Å². The van der Waals surface area contributed by atoms with Gasteiger partial charge in [-0.15, -0.1) is 13.2 Å². The minimum absolute atomic E-state index is 0.815. The van der Waals surface area contributed by atoms with Gasteiger partial charge in [0.05, 0.1) is 0 Å². The van der Waals surface area contributed by atoms with Crippen molar-refractivity contribution in [3.8, 4) is 0 Å². The van der Waals surface area contributed by atoms with E-state index in [0.29, 0.717) is 0 Å². The van der Waals surface area contributed by atoms with Gasteiger partial charge in [-0.2, -0.15) is 0 Å². The Morgan fingerprint density at radius 3 is 1.53 bits per heavy atom. The molecule has 2 nitrogen and oxygen atoms in total. The third-order valence-electron chi connectivity index (χ3n) is 3.14. The first-order valence-electron chi connectivity index (χ1n) is 7.74. The van der Waals surface area contributed by atoms with Crippen LogP contribution in [0, 0.1) is 0 Å². The molecule has 0 bridgehead atoms. The highest BCUT2D eigenvalue weighted by Crippen LogP contribution is 2.21. The van der Waals surface area contributed by atoms with Crippen molar-refractivity contribution in [1.82, 2.24) is 0 Å². The Morgan fingerprint density at radius 1 is 0.789 bits per heavy atom. The van der Waals surface area contributed by atoms with Crippen LogP contribution in [0.1, 0.15) is 52.4 Å². The zero-order chi connectivity index (χ0) is 14.4. The predicted octanol–water partition coefficient (Wildman–Crippen LogP) is 5.21. The topological polar surface area (TPSA) is 18.5 Å². The number of unbranched alkanes of at least 4 members (excludes halogenated alkanes) is 4. The second kappa shape index (κ2) is 12.6. The van der Waals surface area contributed by atoms with Crippen molar-refractivity contribution < 1.29 is 8.85 Å². The molecule has 3 heteroatoms. The zero-order valence-corrected chi connectivity index (χ0v) is 14.0. The van der Waals surface area contributed by atoms with Crippen molar-refractivity contribution in [2.75, 3.05) is 13.2 Å². The maximum atomic E-state index is 6.17. The fraction of sp³-hybridized carbons (Fsp3) is 0.750. The molecule has 0 saturated carbocycles. The Labute approximate surface area is 121 Å². The van der Waals surface area contributed by atoms with E-state index in [2.05, 4.69) is 27.0 Å². The van der Waals surface area contributed by atoms with Crippen LogP contribution in [0.2, 0.25) is 12.1 Å². The summed E-state index contributed by atoms with van der Waals surface area (Å²) < 4.78 is 12.3. The predicted molar refractivity (Wildman–Crippen MR) is 86.7 cm³/mol. The van der Waals surface area contributed by atoms with E-state index in [-0.39, 0.29) is 0 Å². The minimum Gasteiger partial charge on any atom is -0.394 e. The molecule has 0 aliphatic rings. The van der Waals surface area contributed by atoms with E-state index in [9.17, 15) is 0 Å². The average Bonchev–Trinajstić information content (AvgIpc) is 2.41. The maximum Gasteiger partial charge on any atom is 0.345 e. The lowest BCUT2D eigenvalue weighted by molar-refractivity contribution is 0.166. The van der Waals surface area contributed by atoms with Gasteiger partial charge in [0.1, 0.15) is 0 Å². The van der Waals surface area contributed by atoms with Gasteiger partial charge >= 0.3 is 8.56 Å². The van der Waals surface area contributed by atoms with Crippen LogP contribution in [0.5, 0.6) is 0 Å². The third-order valence-corrected chi connectivity index (χ3v) is 6.42. The van der Waals surface area contributed by atoms with Gasteiger partial charge in [0, 0.05) is 25.3 Å². The van der Waals surface area contributed by atoms with Crippen LogP contribution in [0.4, 0.5) is 0 Å². The first-order chi connectivity index (χ1) is 9.24. The minimum atomic E-state index is -2.13. The van der Waals surface area contributed by atoms with Crippen molar-refractivity contribution in [2.45, 2.75) is 64.5 Å². The van der Waals surface area contributed by atoms with E-state index < -0.39 is 8.56 Å². The summed E-state index contributed by atoms with van der Waals surface area (Å²) in [6.07, 6.45) is 11.0. The number of allylic oxidation sites excluding steroid dienone is 2. The molecule has 0 aliphatic carbocycles. The van der Waals surface area contributed by atoms with Gasteiger partial charge in [-0.3, -0.25) is 0 Å². The summed E-state index contributed by atoms with van der Waals surface area (Å²) in [6, 6.07) is 1.72. The molecule has 0 aromatic rings. The molecule has 0 rings (SSSR count). The molecule has 0 N–H and O–H groups in total. The highest BCUT2D eigenvalue weighted by molar-refractivity contribution is 6.68. The number of hydrogen-bond acceptors (Lipinski definition) is 2. The molecule has 0 heterocycles. The molecular weight excluding hydrogens is 252 g/mol.